The molecule has 2 N–H and O–H groups in total. The quantitative estimate of drug-likeness (QED) is 0.656. The van der Waals surface area contributed by atoms with Crippen molar-refractivity contribution in [3.63, 3.8) is 0 Å². The van der Waals surface area contributed by atoms with Crippen molar-refractivity contribution in [2.45, 2.75) is 24.1 Å². The maximum Gasteiger partial charge on any atom is 0.152 e. The highest BCUT2D eigenvalue weighted by Gasteiger charge is 2.57. The molecule has 12 heavy (non-hydrogen) atoms. The van der Waals surface area contributed by atoms with Crippen LogP contribution in [0.3, 0.4) is 0 Å². The second-order valence-electron chi connectivity index (χ2n) is 3.39. The van der Waals surface area contributed by atoms with Crippen molar-refractivity contribution < 1.29 is 13.2 Å². The van der Waals surface area contributed by atoms with Crippen LogP contribution in [0.15, 0.2) is 0 Å². The van der Waals surface area contributed by atoms with Gasteiger partial charge in [0, 0.05) is 12.9 Å². The van der Waals surface area contributed by atoms with Crippen LogP contribution in [0.1, 0.15) is 13.3 Å². The molecule has 0 bridgehead atoms. The van der Waals surface area contributed by atoms with Gasteiger partial charge in [-0.05, 0) is 13.3 Å². The van der Waals surface area contributed by atoms with Crippen LogP contribution in [0, 0.1) is 0 Å². The Morgan fingerprint density at radius 1 is 1.67 bits per heavy atom. The van der Waals surface area contributed by atoms with Crippen molar-refractivity contribution >= 4 is 9.84 Å². The minimum absolute atomic E-state index is 0.348. The summed E-state index contributed by atoms with van der Waals surface area (Å²) in [5.41, 5.74) is 5.15. The van der Waals surface area contributed by atoms with Gasteiger partial charge in [0.15, 0.2) is 9.84 Å². The number of nitrogens with two attached hydrogens (primary N) is 1. The van der Waals surface area contributed by atoms with E-state index in [-0.39, 0.29) is 0 Å². The van der Waals surface area contributed by atoms with Gasteiger partial charge >= 0.3 is 0 Å². The average Bonchev–Trinajstić information content (AvgIpc) is 2.59. The van der Waals surface area contributed by atoms with Crippen LogP contribution in [0.2, 0.25) is 0 Å². The predicted molar refractivity (Wildman–Crippen MR) is 46.7 cm³/mol. The van der Waals surface area contributed by atoms with Gasteiger partial charge in [-0.3, -0.25) is 0 Å². The third-order valence-electron chi connectivity index (χ3n) is 2.14. The number of rotatable bonds is 4. The van der Waals surface area contributed by atoms with Gasteiger partial charge in [-0.1, -0.05) is 0 Å². The van der Waals surface area contributed by atoms with E-state index in [4.69, 9.17) is 10.5 Å². The zero-order valence-electron chi connectivity index (χ0n) is 7.41. The van der Waals surface area contributed by atoms with Crippen molar-refractivity contribution in [3.05, 3.63) is 0 Å². The Bertz CT molecular complexity index is 262. The molecule has 0 amide bonds. The van der Waals surface area contributed by atoms with E-state index in [0.29, 0.717) is 19.6 Å². The van der Waals surface area contributed by atoms with E-state index < -0.39 is 20.6 Å². The molecular weight excluding hydrogens is 178 g/mol. The first-order valence-corrected chi connectivity index (χ1v) is 5.91. The number of hydrogen-bond donors (Lipinski definition) is 1. The number of hydrogen-bond acceptors (Lipinski definition) is 4. The number of ether oxygens (including phenoxy) is 1. The summed E-state index contributed by atoms with van der Waals surface area (Å²) in [4.78, 5) is 0. The van der Waals surface area contributed by atoms with E-state index >= 15 is 0 Å². The molecule has 5 heteroatoms. The van der Waals surface area contributed by atoms with E-state index in [0.717, 1.165) is 0 Å². The fourth-order valence-corrected chi connectivity index (χ4v) is 2.84. The molecule has 0 aromatic rings. The molecule has 1 aliphatic rings. The van der Waals surface area contributed by atoms with Crippen LogP contribution in [-0.4, -0.2) is 38.7 Å². The molecule has 0 aromatic carbocycles. The zero-order valence-corrected chi connectivity index (χ0v) is 8.23. The zero-order chi connectivity index (χ0) is 9.41. The lowest BCUT2D eigenvalue weighted by atomic mass is 10.3. The lowest BCUT2D eigenvalue weighted by Crippen LogP contribution is -2.35. The van der Waals surface area contributed by atoms with E-state index in [1.165, 1.54) is 6.26 Å². The molecule has 0 radical (unpaired) electrons. The molecule has 0 unspecified atom stereocenters. The summed E-state index contributed by atoms with van der Waals surface area (Å²) >= 11 is 0. The molecule has 1 saturated carbocycles. The minimum atomic E-state index is -2.97. The summed E-state index contributed by atoms with van der Waals surface area (Å²) in [5, 5.41) is -0.392. The molecule has 1 aliphatic carbocycles. The normalized spacial score (nSPS) is 35.1. The second-order valence-corrected chi connectivity index (χ2v) is 5.62. The lowest BCUT2D eigenvalue weighted by Gasteiger charge is -2.09. The smallest absolute Gasteiger partial charge is 0.152 e. The molecule has 0 heterocycles. The van der Waals surface area contributed by atoms with Crippen LogP contribution in [0.5, 0.6) is 0 Å². The Morgan fingerprint density at radius 2 is 2.25 bits per heavy atom. The van der Waals surface area contributed by atoms with E-state index in [1.807, 2.05) is 6.92 Å². The van der Waals surface area contributed by atoms with E-state index in [9.17, 15) is 8.42 Å². The van der Waals surface area contributed by atoms with Gasteiger partial charge in [0.25, 0.3) is 0 Å². The molecule has 72 valence electrons. The van der Waals surface area contributed by atoms with Gasteiger partial charge in [0.1, 0.15) is 0 Å². The van der Waals surface area contributed by atoms with Gasteiger partial charge in [-0.2, -0.15) is 0 Å². The third-order valence-corrected chi connectivity index (χ3v) is 3.81. The summed E-state index contributed by atoms with van der Waals surface area (Å²) in [7, 11) is -2.97. The Morgan fingerprint density at radius 3 is 2.58 bits per heavy atom. The molecule has 0 aliphatic heterocycles. The highest BCUT2D eigenvalue weighted by Crippen LogP contribution is 2.39. The van der Waals surface area contributed by atoms with Crippen molar-refractivity contribution in [1.29, 1.82) is 0 Å². The Labute approximate surface area is 73.0 Å². The van der Waals surface area contributed by atoms with Crippen molar-refractivity contribution in [2.24, 2.45) is 5.73 Å². The highest BCUT2D eigenvalue weighted by atomic mass is 32.2. The van der Waals surface area contributed by atoms with Crippen molar-refractivity contribution in [2.75, 3.05) is 19.5 Å². The molecule has 1 fully saturated rings. The summed E-state index contributed by atoms with van der Waals surface area (Å²) in [6, 6.07) is 0. The Hall–Kier alpha value is -0.130. The largest absolute Gasteiger partial charge is 0.380 e. The molecule has 0 saturated heterocycles. The van der Waals surface area contributed by atoms with Crippen molar-refractivity contribution in [1.82, 2.24) is 0 Å². The van der Waals surface area contributed by atoms with E-state index in [2.05, 4.69) is 0 Å². The molecule has 1 rings (SSSR count). The van der Waals surface area contributed by atoms with Crippen LogP contribution in [-0.2, 0) is 14.6 Å². The van der Waals surface area contributed by atoms with Gasteiger partial charge < -0.3 is 10.5 Å². The molecule has 0 aromatic heterocycles. The first-order chi connectivity index (χ1) is 5.40. The van der Waals surface area contributed by atoms with Crippen LogP contribution in [0.25, 0.3) is 0 Å². The summed E-state index contributed by atoms with van der Waals surface area (Å²) < 4.78 is 27.2. The van der Waals surface area contributed by atoms with Crippen LogP contribution >= 0.6 is 0 Å². The number of sulfone groups is 1. The maximum atomic E-state index is 11.0. The Kier molecular flexibility index (Phi) is 2.47. The lowest BCUT2D eigenvalue weighted by molar-refractivity contribution is 0.127. The molecule has 0 spiro atoms. The first-order valence-electron chi connectivity index (χ1n) is 3.95. The summed E-state index contributed by atoms with van der Waals surface area (Å²) in [6.45, 7) is 2.79. The molecule has 4 nitrogen and oxygen atoms in total. The second kappa shape index (κ2) is 2.97. The fourth-order valence-electron chi connectivity index (χ4n) is 1.31. The third kappa shape index (κ3) is 1.97. The summed E-state index contributed by atoms with van der Waals surface area (Å²) in [5.74, 6) is 0. The fraction of sp³-hybridized carbons (Fsp3) is 1.00. The predicted octanol–water partition coefficient (Wildman–Crippen LogP) is -0.463. The maximum absolute atomic E-state index is 11.0. The van der Waals surface area contributed by atoms with E-state index in [1.54, 1.807) is 0 Å². The van der Waals surface area contributed by atoms with Gasteiger partial charge in [-0.25, -0.2) is 8.42 Å². The standard InChI is InChI=1S/C7H15NO3S/c1-3-11-5-7(8)4-6(7)12(2,9)10/h6H,3-5,8H2,1-2H3/t6-,7-/m0/s1. The minimum Gasteiger partial charge on any atom is -0.380 e. The molecule has 2 atom stereocenters. The monoisotopic (exact) mass is 193 g/mol. The van der Waals surface area contributed by atoms with Gasteiger partial charge in [0.2, 0.25) is 0 Å². The SMILES string of the molecule is CCOC[C@@]1(N)C[C@@H]1S(C)(=O)=O. The van der Waals surface area contributed by atoms with Gasteiger partial charge in [-0.15, -0.1) is 0 Å². The van der Waals surface area contributed by atoms with Crippen LogP contribution < -0.4 is 5.73 Å². The van der Waals surface area contributed by atoms with Crippen molar-refractivity contribution in [3.8, 4) is 0 Å². The van der Waals surface area contributed by atoms with Crippen LogP contribution in [0.4, 0.5) is 0 Å². The highest BCUT2D eigenvalue weighted by molar-refractivity contribution is 7.91. The van der Waals surface area contributed by atoms with Gasteiger partial charge in [0.05, 0.1) is 17.4 Å². The topological polar surface area (TPSA) is 69.4 Å². The molecular formula is C7H15NO3S. The summed E-state index contributed by atoms with van der Waals surface area (Å²) in [6.07, 6.45) is 1.75. The average molecular weight is 193 g/mol. The first kappa shape index (κ1) is 9.95. The Balaban J connectivity index is 2.49.